The van der Waals surface area contributed by atoms with Gasteiger partial charge in [0.25, 0.3) is 0 Å². The maximum absolute atomic E-state index is 12.9. The van der Waals surface area contributed by atoms with Crippen LogP contribution in [0.3, 0.4) is 0 Å². The Morgan fingerprint density at radius 1 is 1.09 bits per heavy atom. The van der Waals surface area contributed by atoms with Crippen molar-refractivity contribution in [2.24, 2.45) is 0 Å². The molecule has 35 heavy (non-hydrogen) atoms. The van der Waals surface area contributed by atoms with E-state index < -0.39 is 0 Å². The lowest BCUT2D eigenvalue weighted by Gasteiger charge is -2.45. The zero-order valence-corrected chi connectivity index (χ0v) is 21.0. The monoisotopic (exact) mass is 500 g/mol. The minimum atomic E-state index is -0.207. The van der Waals surface area contributed by atoms with E-state index in [4.69, 9.17) is 16.3 Å². The summed E-state index contributed by atoms with van der Waals surface area (Å²) < 4.78 is 6.78. The molecule has 2 amide bonds. The maximum Gasteiger partial charge on any atom is 0.344 e. The number of piperidine rings is 1. The number of morpholine rings is 1. The highest BCUT2D eigenvalue weighted by Gasteiger charge is 2.43. The summed E-state index contributed by atoms with van der Waals surface area (Å²) in [6.07, 6.45) is 5.82. The Morgan fingerprint density at radius 2 is 1.86 bits per heavy atom. The molecule has 3 aliphatic heterocycles. The van der Waals surface area contributed by atoms with Crippen LogP contribution in [0.25, 0.3) is 0 Å². The molecule has 0 atom stereocenters. The summed E-state index contributed by atoms with van der Waals surface area (Å²) in [7, 11) is 0. The predicted molar refractivity (Wildman–Crippen MR) is 135 cm³/mol. The summed E-state index contributed by atoms with van der Waals surface area (Å²) in [5, 5.41) is 7.61. The molecular weight excluding hydrogens is 468 g/mol. The van der Waals surface area contributed by atoms with Crippen LogP contribution in [-0.2, 0) is 16.1 Å². The first-order valence-corrected chi connectivity index (χ1v) is 12.8. The van der Waals surface area contributed by atoms with E-state index in [0.29, 0.717) is 18.9 Å². The molecule has 2 aromatic rings. The molecule has 5 rings (SSSR count). The lowest BCUT2D eigenvalue weighted by atomic mass is 9.85. The second-order valence-electron chi connectivity index (χ2n) is 9.73. The Balaban J connectivity index is 1.21. The normalized spacial score (nSPS) is 20.4. The number of amides is 2. The highest BCUT2D eigenvalue weighted by Crippen LogP contribution is 2.40. The number of hydrogen-bond acceptors (Lipinski definition) is 6. The van der Waals surface area contributed by atoms with E-state index in [0.717, 1.165) is 69.4 Å². The van der Waals surface area contributed by atoms with Crippen LogP contribution in [0.2, 0.25) is 5.02 Å². The maximum atomic E-state index is 12.9. The standard InChI is InChI=1S/C25H33ClN6O3/c1-19(33)27-23-5-10-32(28-23)24(34)30-11-7-25(8-12-30)6-2-9-31(25)18-20-3-4-22(21(26)17-20)29-13-15-35-16-14-29/h3-5,10,17H,2,6-9,11-16,18H2,1H3,(H,27,28,33). The van der Waals surface area contributed by atoms with Gasteiger partial charge < -0.3 is 19.9 Å². The number of hydrogen-bond donors (Lipinski definition) is 1. The van der Waals surface area contributed by atoms with Crippen molar-refractivity contribution >= 4 is 35.0 Å². The van der Waals surface area contributed by atoms with Gasteiger partial charge in [0.05, 0.1) is 23.9 Å². The molecule has 1 aromatic heterocycles. The lowest BCUT2D eigenvalue weighted by Crippen LogP contribution is -2.53. The highest BCUT2D eigenvalue weighted by atomic mass is 35.5. The molecule has 3 fully saturated rings. The highest BCUT2D eigenvalue weighted by molar-refractivity contribution is 6.33. The molecular formula is C25H33ClN6O3. The molecule has 4 heterocycles. The van der Waals surface area contributed by atoms with E-state index in [1.807, 2.05) is 4.90 Å². The predicted octanol–water partition coefficient (Wildman–Crippen LogP) is 3.43. The number of rotatable bonds is 4. The van der Waals surface area contributed by atoms with Crippen molar-refractivity contribution in [3.8, 4) is 0 Å². The van der Waals surface area contributed by atoms with Crippen molar-refractivity contribution in [1.29, 1.82) is 0 Å². The van der Waals surface area contributed by atoms with Gasteiger partial charge in [0, 0.05) is 57.4 Å². The van der Waals surface area contributed by atoms with Gasteiger partial charge >= 0.3 is 6.03 Å². The van der Waals surface area contributed by atoms with Crippen molar-refractivity contribution in [3.05, 3.63) is 41.0 Å². The third-order valence-electron chi connectivity index (χ3n) is 7.53. The number of nitrogens with zero attached hydrogens (tertiary/aromatic N) is 5. The molecule has 9 nitrogen and oxygen atoms in total. The van der Waals surface area contributed by atoms with Crippen molar-refractivity contribution in [3.63, 3.8) is 0 Å². The molecule has 0 saturated carbocycles. The van der Waals surface area contributed by atoms with Crippen molar-refractivity contribution < 1.29 is 14.3 Å². The van der Waals surface area contributed by atoms with Gasteiger partial charge in [-0.1, -0.05) is 17.7 Å². The third kappa shape index (κ3) is 5.17. The van der Waals surface area contributed by atoms with Gasteiger partial charge in [0.1, 0.15) is 0 Å². The van der Waals surface area contributed by atoms with E-state index in [9.17, 15) is 9.59 Å². The van der Waals surface area contributed by atoms with Gasteiger partial charge in [-0.3, -0.25) is 9.69 Å². The quantitative estimate of drug-likeness (QED) is 0.692. The van der Waals surface area contributed by atoms with Gasteiger partial charge in [-0.15, -0.1) is 5.10 Å². The molecule has 1 aromatic carbocycles. The number of ether oxygens (including phenoxy) is 1. The van der Waals surface area contributed by atoms with Gasteiger partial charge in [0.2, 0.25) is 5.91 Å². The van der Waals surface area contributed by atoms with E-state index >= 15 is 0 Å². The van der Waals surface area contributed by atoms with Gasteiger partial charge in [0.15, 0.2) is 5.82 Å². The number of carbonyl (C=O) groups excluding carboxylic acids is 2. The minimum absolute atomic E-state index is 0.123. The molecule has 3 aliphatic rings. The fraction of sp³-hybridized carbons (Fsp3) is 0.560. The molecule has 0 bridgehead atoms. The molecule has 0 unspecified atom stereocenters. The number of benzene rings is 1. The Kier molecular flexibility index (Phi) is 7.00. The second-order valence-corrected chi connectivity index (χ2v) is 10.1. The number of halogens is 1. The van der Waals surface area contributed by atoms with Gasteiger partial charge in [-0.25, -0.2) is 4.79 Å². The molecule has 1 spiro atoms. The molecule has 0 radical (unpaired) electrons. The zero-order chi connectivity index (χ0) is 24.4. The van der Waals surface area contributed by atoms with Crippen LogP contribution in [0.5, 0.6) is 0 Å². The fourth-order valence-electron chi connectivity index (χ4n) is 5.67. The largest absolute Gasteiger partial charge is 0.378 e. The summed E-state index contributed by atoms with van der Waals surface area (Å²) in [5.41, 5.74) is 2.44. The SMILES string of the molecule is CC(=O)Nc1ccn(C(=O)N2CCC3(CCCN3Cc3ccc(N4CCOCC4)c(Cl)c3)CC2)n1. The van der Waals surface area contributed by atoms with Crippen LogP contribution in [0.15, 0.2) is 30.5 Å². The average Bonchev–Trinajstić information content (AvgIpc) is 3.47. The topological polar surface area (TPSA) is 82.9 Å². The van der Waals surface area contributed by atoms with Crippen molar-refractivity contribution in [1.82, 2.24) is 19.6 Å². The summed E-state index contributed by atoms with van der Waals surface area (Å²) >= 11 is 6.69. The molecule has 0 aliphatic carbocycles. The molecule has 3 saturated heterocycles. The van der Waals surface area contributed by atoms with Crippen LogP contribution < -0.4 is 10.2 Å². The van der Waals surface area contributed by atoms with Crippen LogP contribution in [-0.4, -0.2) is 83.0 Å². The Bertz CT molecular complexity index is 1070. The van der Waals surface area contributed by atoms with Crippen molar-refractivity contribution in [2.45, 2.75) is 44.7 Å². The third-order valence-corrected chi connectivity index (χ3v) is 7.83. The van der Waals surface area contributed by atoms with E-state index in [2.05, 4.69) is 38.4 Å². The smallest absolute Gasteiger partial charge is 0.344 e. The van der Waals surface area contributed by atoms with Gasteiger partial charge in [-0.05, 0) is 49.9 Å². The number of likely N-dealkylation sites (tertiary alicyclic amines) is 2. The number of anilines is 2. The van der Waals surface area contributed by atoms with E-state index in [-0.39, 0.29) is 17.5 Å². The Labute approximate surface area is 210 Å². The Morgan fingerprint density at radius 3 is 2.57 bits per heavy atom. The number of nitrogens with one attached hydrogen (secondary N) is 1. The Hall–Kier alpha value is -2.62. The lowest BCUT2D eigenvalue weighted by molar-refractivity contribution is -0.114. The first-order valence-electron chi connectivity index (χ1n) is 12.4. The van der Waals surface area contributed by atoms with E-state index in [1.54, 1.807) is 12.3 Å². The average molecular weight is 501 g/mol. The van der Waals surface area contributed by atoms with Crippen LogP contribution >= 0.6 is 11.6 Å². The fourth-order valence-corrected chi connectivity index (χ4v) is 6.00. The second kappa shape index (κ2) is 10.2. The summed E-state index contributed by atoms with van der Waals surface area (Å²) in [4.78, 5) is 30.9. The molecule has 188 valence electrons. The first-order chi connectivity index (χ1) is 16.9. The minimum Gasteiger partial charge on any atom is -0.378 e. The summed E-state index contributed by atoms with van der Waals surface area (Å²) in [6.45, 7) is 7.97. The van der Waals surface area contributed by atoms with Gasteiger partial charge in [-0.2, -0.15) is 4.68 Å². The zero-order valence-electron chi connectivity index (χ0n) is 20.2. The van der Waals surface area contributed by atoms with Crippen LogP contribution in [0, 0.1) is 0 Å². The summed E-state index contributed by atoms with van der Waals surface area (Å²) in [5.74, 6) is 0.181. The number of aromatic nitrogens is 2. The molecule has 1 N–H and O–H groups in total. The van der Waals surface area contributed by atoms with Crippen LogP contribution in [0.4, 0.5) is 16.3 Å². The van der Waals surface area contributed by atoms with E-state index in [1.165, 1.54) is 23.6 Å². The molecule has 10 heteroatoms. The van der Waals surface area contributed by atoms with Crippen molar-refractivity contribution in [2.75, 3.05) is 56.2 Å². The first kappa shape index (κ1) is 24.1. The number of carbonyl (C=O) groups is 2. The van der Waals surface area contributed by atoms with Crippen LogP contribution in [0.1, 0.15) is 38.2 Å². The summed E-state index contributed by atoms with van der Waals surface area (Å²) in [6, 6.07) is 7.95.